The largest absolute Gasteiger partial charge is 0.450 e. The summed E-state index contributed by atoms with van der Waals surface area (Å²) in [5.41, 5.74) is -0.495. The van der Waals surface area contributed by atoms with Gasteiger partial charge in [-0.25, -0.2) is 13.6 Å². The van der Waals surface area contributed by atoms with Gasteiger partial charge in [-0.3, -0.25) is 10.1 Å². The summed E-state index contributed by atoms with van der Waals surface area (Å²) in [4.78, 5) is 23.0. The van der Waals surface area contributed by atoms with Crippen molar-refractivity contribution in [2.45, 2.75) is 11.3 Å². The molecular formula is C13H12F2N4O3S2. The van der Waals surface area contributed by atoms with Crippen LogP contribution >= 0.6 is 23.1 Å². The molecule has 2 amide bonds. The second-order valence-corrected chi connectivity index (χ2v) is 6.35. The number of amides is 2. The third kappa shape index (κ3) is 5.13. The average molecular weight is 374 g/mol. The van der Waals surface area contributed by atoms with E-state index in [1.165, 1.54) is 6.07 Å². The number of hydrogen-bond acceptors (Lipinski definition) is 7. The van der Waals surface area contributed by atoms with E-state index in [0.717, 1.165) is 35.2 Å². The highest BCUT2D eigenvalue weighted by molar-refractivity contribution is 8.01. The number of carbonyl (C=O) groups is 2. The fourth-order valence-electron chi connectivity index (χ4n) is 1.49. The minimum absolute atomic E-state index is 0.123. The molecule has 0 aliphatic carbocycles. The molecule has 1 aromatic heterocycles. The lowest BCUT2D eigenvalue weighted by atomic mass is 10.3. The van der Waals surface area contributed by atoms with Crippen LogP contribution in [0.4, 0.5) is 24.4 Å². The first kappa shape index (κ1) is 18.1. The fraction of sp³-hybridized carbons (Fsp3) is 0.231. The summed E-state index contributed by atoms with van der Waals surface area (Å²) in [5.74, 6) is -2.43. The molecule has 11 heteroatoms. The topological polar surface area (TPSA) is 93.2 Å². The van der Waals surface area contributed by atoms with E-state index in [2.05, 4.69) is 25.6 Å². The second-order valence-electron chi connectivity index (χ2n) is 4.15. The molecule has 24 heavy (non-hydrogen) atoms. The van der Waals surface area contributed by atoms with E-state index < -0.39 is 29.3 Å². The van der Waals surface area contributed by atoms with Gasteiger partial charge >= 0.3 is 6.09 Å². The van der Waals surface area contributed by atoms with Crippen LogP contribution in [-0.4, -0.2) is 34.6 Å². The van der Waals surface area contributed by atoms with Gasteiger partial charge in [0.05, 0.1) is 12.4 Å². The van der Waals surface area contributed by atoms with Crippen LogP contribution in [0.2, 0.25) is 0 Å². The molecule has 0 radical (unpaired) electrons. The van der Waals surface area contributed by atoms with Gasteiger partial charge in [0.1, 0.15) is 17.3 Å². The Labute approximate surface area is 143 Å². The number of benzene rings is 1. The molecule has 2 aromatic rings. The first-order valence-corrected chi connectivity index (χ1v) is 8.43. The Balaban J connectivity index is 1.86. The van der Waals surface area contributed by atoms with Crippen molar-refractivity contribution >= 4 is 45.9 Å². The minimum Gasteiger partial charge on any atom is -0.450 e. The van der Waals surface area contributed by atoms with Crippen LogP contribution in [0.25, 0.3) is 0 Å². The van der Waals surface area contributed by atoms with Crippen molar-refractivity contribution in [1.29, 1.82) is 0 Å². The van der Waals surface area contributed by atoms with E-state index in [1.807, 2.05) is 0 Å². The van der Waals surface area contributed by atoms with Gasteiger partial charge in [-0.2, -0.15) is 0 Å². The fourth-order valence-corrected chi connectivity index (χ4v) is 3.03. The maximum atomic E-state index is 13.4. The van der Waals surface area contributed by atoms with Crippen molar-refractivity contribution in [1.82, 2.24) is 10.2 Å². The SMILES string of the molecule is CCOC(=O)Nc1nnc(SCC(=O)Nc2c(F)cccc2F)s1. The van der Waals surface area contributed by atoms with Crippen molar-refractivity contribution in [3.63, 3.8) is 0 Å². The lowest BCUT2D eigenvalue weighted by Crippen LogP contribution is -2.16. The van der Waals surface area contributed by atoms with Crippen LogP contribution in [0.5, 0.6) is 0 Å². The standard InChI is InChI=1S/C13H12F2N4O3S2/c1-2-22-12(21)17-11-18-19-13(24-11)23-6-9(20)16-10-7(14)4-3-5-8(10)15/h3-5H,2,6H2,1H3,(H,16,20)(H,17,18,21). The number of halogens is 2. The molecule has 2 rings (SSSR count). The number of aromatic nitrogens is 2. The minimum atomic E-state index is -0.856. The smallest absolute Gasteiger partial charge is 0.413 e. The lowest BCUT2D eigenvalue weighted by Gasteiger charge is -2.06. The molecule has 0 saturated carbocycles. The molecule has 0 unspecified atom stereocenters. The number of para-hydroxylation sites is 1. The molecule has 0 aliphatic heterocycles. The quantitative estimate of drug-likeness (QED) is 0.596. The number of anilines is 2. The molecule has 128 valence electrons. The van der Waals surface area contributed by atoms with E-state index in [9.17, 15) is 18.4 Å². The Morgan fingerprint density at radius 2 is 1.96 bits per heavy atom. The predicted octanol–water partition coefficient (Wildman–Crippen LogP) is 3.12. The van der Waals surface area contributed by atoms with Crippen molar-refractivity contribution in [2.24, 2.45) is 0 Å². The molecule has 1 aromatic carbocycles. The Morgan fingerprint density at radius 3 is 2.62 bits per heavy atom. The zero-order valence-corrected chi connectivity index (χ0v) is 14.0. The predicted molar refractivity (Wildman–Crippen MR) is 86.3 cm³/mol. The van der Waals surface area contributed by atoms with E-state index >= 15 is 0 Å². The van der Waals surface area contributed by atoms with Crippen LogP contribution in [0.1, 0.15) is 6.92 Å². The average Bonchev–Trinajstić information content (AvgIpc) is 2.97. The molecule has 0 spiro atoms. The summed E-state index contributed by atoms with van der Waals surface area (Å²) in [5, 5.41) is 12.2. The summed E-state index contributed by atoms with van der Waals surface area (Å²) in [6.45, 7) is 1.89. The molecule has 2 N–H and O–H groups in total. The molecule has 1 heterocycles. The summed E-state index contributed by atoms with van der Waals surface area (Å²) in [6.07, 6.45) is -0.655. The first-order chi connectivity index (χ1) is 11.5. The summed E-state index contributed by atoms with van der Waals surface area (Å²) >= 11 is 2.06. The van der Waals surface area contributed by atoms with Crippen molar-refractivity contribution in [3.8, 4) is 0 Å². The number of rotatable bonds is 6. The highest BCUT2D eigenvalue weighted by Gasteiger charge is 2.14. The van der Waals surface area contributed by atoms with Crippen LogP contribution in [0, 0.1) is 11.6 Å². The van der Waals surface area contributed by atoms with Gasteiger partial charge in [0.2, 0.25) is 11.0 Å². The van der Waals surface area contributed by atoms with Crippen molar-refractivity contribution < 1.29 is 23.1 Å². The van der Waals surface area contributed by atoms with Crippen molar-refractivity contribution in [3.05, 3.63) is 29.8 Å². The van der Waals surface area contributed by atoms with E-state index in [1.54, 1.807) is 6.92 Å². The Morgan fingerprint density at radius 1 is 1.25 bits per heavy atom. The van der Waals surface area contributed by atoms with Gasteiger partial charge in [0, 0.05) is 0 Å². The number of carbonyl (C=O) groups excluding carboxylic acids is 2. The number of thioether (sulfide) groups is 1. The lowest BCUT2D eigenvalue weighted by molar-refractivity contribution is -0.113. The third-order valence-electron chi connectivity index (χ3n) is 2.44. The van der Waals surface area contributed by atoms with Crippen LogP contribution < -0.4 is 10.6 Å². The summed E-state index contributed by atoms with van der Waals surface area (Å²) < 4.78 is 32.0. The highest BCUT2D eigenvalue weighted by Crippen LogP contribution is 2.26. The summed E-state index contributed by atoms with van der Waals surface area (Å²) in [6, 6.07) is 3.29. The zero-order valence-electron chi connectivity index (χ0n) is 12.3. The maximum absolute atomic E-state index is 13.4. The van der Waals surface area contributed by atoms with Gasteiger partial charge in [0.15, 0.2) is 4.34 Å². The first-order valence-electron chi connectivity index (χ1n) is 6.63. The molecule has 0 fully saturated rings. The molecule has 0 atom stereocenters. The summed E-state index contributed by atoms with van der Waals surface area (Å²) in [7, 11) is 0. The molecular weight excluding hydrogens is 362 g/mol. The Kier molecular flexibility index (Phi) is 6.44. The maximum Gasteiger partial charge on any atom is 0.413 e. The van der Waals surface area contributed by atoms with E-state index in [4.69, 9.17) is 0 Å². The number of nitrogens with zero attached hydrogens (tertiary/aromatic N) is 2. The van der Waals surface area contributed by atoms with Crippen molar-refractivity contribution in [2.75, 3.05) is 23.0 Å². The third-order valence-corrected chi connectivity index (χ3v) is 4.42. The number of hydrogen-bond donors (Lipinski definition) is 2. The van der Waals surface area contributed by atoms with Gasteiger partial charge in [-0.1, -0.05) is 29.2 Å². The van der Waals surface area contributed by atoms with Crippen LogP contribution in [-0.2, 0) is 9.53 Å². The van der Waals surface area contributed by atoms with Gasteiger partial charge < -0.3 is 10.1 Å². The van der Waals surface area contributed by atoms with Gasteiger partial charge in [0.25, 0.3) is 0 Å². The molecule has 7 nitrogen and oxygen atoms in total. The molecule has 0 aliphatic rings. The Hall–Kier alpha value is -2.27. The highest BCUT2D eigenvalue weighted by atomic mass is 32.2. The number of nitrogens with one attached hydrogen (secondary N) is 2. The van der Waals surface area contributed by atoms with Crippen LogP contribution in [0.15, 0.2) is 22.5 Å². The van der Waals surface area contributed by atoms with Gasteiger partial charge in [-0.15, -0.1) is 10.2 Å². The van der Waals surface area contributed by atoms with E-state index in [0.29, 0.717) is 4.34 Å². The normalized spacial score (nSPS) is 10.3. The Bertz CT molecular complexity index is 722. The molecule has 0 bridgehead atoms. The van der Waals surface area contributed by atoms with E-state index in [-0.39, 0.29) is 17.5 Å². The second kappa shape index (κ2) is 8.55. The number of ether oxygens (including phenoxy) is 1. The van der Waals surface area contributed by atoms with Crippen LogP contribution in [0.3, 0.4) is 0 Å². The molecule has 0 saturated heterocycles. The monoisotopic (exact) mass is 374 g/mol. The van der Waals surface area contributed by atoms with Gasteiger partial charge in [-0.05, 0) is 19.1 Å². The zero-order chi connectivity index (χ0) is 17.5.